The molecule has 0 spiro atoms. The molecular formula is C19H21ClN2O2. The molecule has 1 atom stereocenters. The first-order valence-electron chi connectivity index (χ1n) is 7.81. The van der Waals surface area contributed by atoms with E-state index in [-0.39, 0.29) is 17.7 Å². The molecular weight excluding hydrogens is 324 g/mol. The number of halogens is 1. The Bertz CT molecular complexity index is 729. The topological polar surface area (TPSA) is 58.2 Å². The van der Waals surface area contributed by atoms with Gasteiger partial charge in [-0.25, -0.2) is 0 Å². The summed E-state index contributed by atoms with van der Waals surface area (Å²) in [7, 11) is 0. The van der Waals surface area contributed by atoms with Crippen LogP contribution in [0.2, 0.25) is 5.02 Å². The first kappa shape index (κ1) is 18.0. The van der Waals surface area contributed by atoms with Gasteiger partial charge in [0.15, 0.2) is 0 Å². The van der Waals surface area contributed by atoms with Gasteiger partial charge in [0, 0.05) is 5.56 Å². The summed E-state index contributed by atoms with van der Waals surface area (Å²) in [5.74, 6) is -0.638. The van der Waals surface area contributed by atoms with Crippen LogP contribution in [-0.4, -0.2) is 17.9 Å². The molecule has 0 fully saturated rings. The predicted molar refractivity (Wildman–Crippen MR) is 97.4 cm³/mol. The van der Waals surface area contributed by atoms with Crippen molar-refractivity contribution in [3.63, 3.8) is 0 Å². The van der Waals surface area contributed by atoms with E-state index < -0.39 is 6.04 Å². The first-order valence-corrected chi connectivity index (χ1v) is 8.19. The van der Waals surface area contributed by atoms with Crippen molar-refractivity contribution >= 4 is 29.1 Å². The summed E-state index contributed by atoms with van der Waals surface area (Å²) in [5.41, 5.74) is 2.06. The highest BCUT2D eigenvalue weighted by atomic mass is 35.5. The van der Waals surface area contributed by atoms with Crippen molar-refractivity contribution in [3.05, 3.63) is 64.7 Å². The largest absolute Gasteiger partial charge is 0.340 e. The van der Waals surface area contributed by atoms with Crippen molar-refractivity contribution in [1.29, 1.82) is 0 Å². The number of amides is 2. The van der Waals surface area contributed by atoms with Crippen LogP contribution in [0.1, 0.15) is 29.8 Å². The predicted octanol–water partition coefficient (Wildman–Crippen LogP) is 4.04. The lowest BCUT2D eigenvalue weighted by atomic mass is 10.0. The zero-order valence-electron chi connectivity index (χ0n) is 14.0. The normalized spacial score (nSPS) is 11.9. The fraction of sp³-hybridized carbons (Fsp3) is 0.263. The first-order chi connectivity index (χ1) is 11.4. The Morgan fingerprint density at radius 2 is 1.71 bits per heavy atom. The molecule has 1 unspecified atom stereocenters. The number of aryl methyl sites for hydroxylation is 1. The van der Waals surface area contributed by atoms with E-state index >= 15 is 0 Å². The van der Waals surface area contributed by atoms with Gasteiger partial charge < -0.3 is 10.6 Å². The molecule has 4 nitrogen and oxygen atoms in total. The Morgan fingerprint density at radius 1 is 1.04 bits per heavy atom. The summed E-state index contributed by atoms with van der Waals surface area (Å²) in [5, 5.41) is 6.05. The van der Waals surface area contributed by atoms with Gasteiger partial charge in [-0.3, -0.25) is 9.59 Å². The fourth-order valence-corrected chi connectivity index (χ4v) is 2.56. The molecule has 0 saturated heterocycles. The van der Waals surface area contributed by atoms with E-state index in [1.807, 2.05) is 32.9 Å². The second-order valence-electron chi connectivity index (χ2n) is 6.03. The second kappa shape index (κ2) is 7.97. The third-order valence-corrected chi connectivity index (χ3v) is 3.97. The second-order valence-corrected chi connectivity index (χ2v) is 6.44. The number of hydrogen-bond donors (Lipinski definition) is 2. The Hall–Kier alpha value is -2.33. The Morgan fingerprint density at radius 3 is 2.29 bits per heavy atom. The zero-order valence-corrected chi connectivity index (χ0v) is 14.7. The highest BCUT2D eigenvalue weighted by molar-refractivity contribution is 6.33. The lowest BCUT2D eigenvalue weighted by Crippen LogP contribution is -2.47. The van der Waals surface area contributed by atoms with E-state index in [1.54, 1.807) is 36.4 Å². The van der Waals surface area contributed by atoms with Crippen LogP contribution in [0.25, 0.3) is 0 Å². The average Bonchev–Trinajstić information content (AvgIpc) is 2.55. The summed E-state index contributed by atoms with van der Waals surface area (Å²) in [4.78, 5) is 24.9. The van der Waals surface area contributed by atoms with Crippen LogP contribution >= 0.6 is 11.6 Å². The van der Waals surface area contributed by atoms with Crippen molar-refractivity contribution < 1.29 is 9.59 Å². The molecule has 2 rings (SSSR count). The van der Waals surface area contributed by atoms with Gasteiger partial charge in [0.1, 0.15) is 6.04 Å². The van der Waals surface area contributed by atoms with Crippen molar-refractivity contribution in [2.75, 3.05) is 5.32 Å². The molecule has 2 aromatic rings. The van der Waals surface area contributed by atoms with Crippen LogP contribution in [0.15, 0.2) is 48.5 Å². The summed E-state index contributed by atoms with van der Waals surface area (Å²) in [6, 6.07) is 13.6. The van der Waals surface area contributed by atoms with Crippen LogP contribution in [0.3, 0.4) is 0 Å². The molecule has 2 N–H and O–H groups in total. The molecule has 0 aliphatic rings. The van der Waals surface area contributed by atoms with E-state index in [4.69, 9.17) is 11.6 Å². The summed E-state index contributed by atoms with van der Waals surface area (Å²) in [6.45, 7) is 5.69. The maximum absolute atomic E-state index is 12.6. The molecule has 126 valence electrons. The van der Waals surface area contributed by atoms with E-state index in [2.05, 4.69) is 10.6 Å². The molecule has 0 saturated carbocycles. The standard InChI is InChI=1S/C19H21ClN2O2/c1-12(2)17(22-18(23)14-7-5-4-6-8-14)19(24)21-16-10-9-13(3)11-15(16)20/h4-12,17H,1-3H3,(H,21,24)(H,22,23). The quantitative estimate of drug-likeness (QED) is 0.860. The number of rotatable bonds is 5. The smallest absolute Gasteiger partial charge is 0.251 e. The molecule has 0 radical (unpaired) electrons. The molecule has 5 heteroatoms. The van der Waals surface area contributed by atoms with Gasteiger partial charge in [-0.15, -0.1) is 0 Å². The third-order valence-electron chi connectivity index (χ3n) is 3.65. The number of nitrogens with one attached hydrogen (secondary N) is 2. The van der Waals surface area contributed by atoms with Crippen molar-refractivity contribution in [3.8, 4) is 0 Å². The minimum Gasteiger partial charge on any atom is -0.340 e. The Balaban J connectivity index is 2.12. The van der Waals surface area contributed by atoms with E-state index in [9.17, 15) is 9.59 Å². The van der Waals surface area contributed by atoms with Crippen LogP contribution in [-0.2, 0) is 4.79 Å². The van der Waals surface area contributed by atoms with Gasteiger partial charge >= 0.3 is 0 Å². The lowest BCUT2D eigenvalue weighted by molar-refractivity contribution is -0.118. The van der Waals surface area contributed by atoms with Crippen LogP contribution in [0.5, 0.6) is 0 Å². The molecule has 0 aliphatic heterocycles. The highest BCUT2D eigenvalue weighted by Crippen LogP contribution is 2.23. The van der Waals surface area contributed by atoms with Crippen LogP contribution < -0.4 is 10.6 Å². The molecule has 0 aromatic heterocycles. The maximum atomic E-state index is 12.6. The maximum Gasteiger partial charge on any atom is 0.251 e. The zero-order chi connectivity index (χ0) is 17.7. The number of carbonyl (C=O) groups excluding carboxylic acids is 2. The van der Waals surface area contributed by atoms with Crippen molar-refractivity contribution in [2.24, 2.45) is 5.92 Å². The van der Waals surface area contributed by atoms with Crippen molar-refractivity contribution in [2.45, 2.75) is 26.8 Å². The molecule has 0 aliphatic carbocycles. The van der Waals surface area contributed by atoms with Gasteiger partial charge in [-0.05, 0) is 42.7 Å². The van der Waals surface area contributed by atoms with Gasteiger partial charge in [0.25, 0.3) is 5.91 Å². The molecule has 0 bridgehead atoms. The SMILES string of the molecule is Cc1ccc(NC(=O)C(NC(=O)c2ccccc2)C(C)C)c(Cl)c1. The van der Waals surface area contributed by atoms with Gasteiger partial charge in [-0.1, -0.05) is 49.7 Å². The van der Waals surface area contributed by atoms with Crippen molar-refractivity contribution in [1.82, 2.24) is 5.32 Å². The molecule has 24 heavy (non-hydrogen) atoms. The highest BCUT2D eigenvalue weighted by Gasteiger charge is 2.25. The van der Waals surface area contributed by atoms with Crippen LogP contribution in [0.4, 0.5) is 5.69 Å². The van der Waals surface area contributed by atoms with E-state index in [0.717, 1.165) is 5.56 Å². The number of anilines is 1. The fourth-order valence-electron chi connectivity index (χ4n) is 2.28. The monoisotopic (exact) mass is 344 g/mol. The molecule has 2 aromatic carbocycles. The minimum atomic E-state index is -0.657. The Labute approximate surface area is 147 Å². The van der Waals surface area contributed by atoms with Gasteiger partial charge in [-0.2, -0.15) is 0 Å². The van der Waals surface area contributed by atoms with E-state index in [1.165, 1.54) is 0 Å². The summed E-state index contributed by atoms with van der Waals surface area (Å²) in [6.07, 6.45) is 0. The summed E-state index contributed by atoms with van der Waals surface area (Å²) < 4.78 is 0. The van der Waals surface area contributed by atoms with Gasteiger partial charge in [0.05, 0.1) is 10.7 Å². The number of benzene rings is 2. The average molecular weight is 345 g/mol. The molecule has 2 amide bonds. The molecule has 0 heterocycles. The number of hydrogen-bond acceptors (Lipinski definition) is 2. The Kier molecular flexibility index (Phi) is 5.99. The van der Waals surface area contributed by atoms with Gasteiger partial charge in [0.2, 0.25) is 5.91 Å². The lowest BCUT2D eigenvalue weighted by Gasteiger charge is -2.22. The summed E-state index contributed by atoms with van der Waals surface area (Å²) >= 11 is 6.16. The third kappa shape index (κ3) is 4.59. The minimum absolute atomic E-state index is 0.0677. The van der Waals surface area contributed by atoms with Crippen LogP contribution in [0, 0.1) is 12.8 Å². The number of carbonyl (C=O) groups is 2. The van der Waals surface area contributed by atoms with E-state index in [0.29, 0.717) is 16.3 Å².